The summed E-state index contributed by atoms with van der Waals surface area (Å²) in [6.07, 6.45) is 0. The lowest BCUT2D eigenvalue weighted by Gasteiger charge is -2.23. The van der Waals surface area contributed by atoms with Gasteiger partial charge in [0.1, 0.15) is 6.04 Å². The van der Waals surface area contributed by atoms with Crippen LogP contribution in [0.25, 0.3) is 0 Å². The normalized spacial score (nSPS) is 12.5. The van der Waals surface area contributed by atoms with Gasteiger partial charge >= 0.3 is 11.9 Å². The third kappa shape index (κ3) is 4.03. The van der Waals surface area contributed by atoms with Crippen molar-refractivity contribution in [3.05, 3.63) is 26.6 Å². The molecule has 1 aromatic rings. The Hall–Kier alpha value is -0.440. The summed E-state index contributed by atoms with van der Waals surface area (Å²) in [5.41, 5.74) is 11.2. The van der Waals surface area contributed by atoms with Crippen molar-refractivity contribution >= 4 is 55.9 Å². The molecule has 1 aromatic carbocycles. The van der Waals surface area contributed by atoms with Crippen LogP contribution in [0.1, 0.15) is 18.5 Å². The number of hydrogen-bond donors (Lipinski definition) is 2. The second-order valence-electron chi connectivity index (χ2n) is 3.71. The predicted molar refractivity (Wildman–Crippen MR) is 82.0 cm³/mol. The highest BCUT2D eigenvalue weighted by molar-refractivity contribution is 9.11. The van der Waals surface area contributed by atoms with Crippen LogP contribution in [0.3, 0.4) is 0 Å². The number of nitrogens with two attached hydrogens (primary N) is 2. The summed E-state index contributed by atoms with van der Waals surface area (Å²) < 4.78 is 32.9. The minimum Gasteiger partial charge on any atom is -0.462 e. The lowest BCUT2D eigenvalue weighted by molar-refractivity contribution is -0.174. The summed E-state index contributed by atoms with van der Waals surface area (Å²) in [5, 5.41) is 0. The standard InChI is InChI=1S/C11H12Br2F2N2O2.ClH/c1-2-19-10(18)11(14,15)9(17)6-3-5(12)4-7(13)8(6)16;/h3-4,9H,2,16-17H2,1H3;1H/t9-;/m1./s1. The smallest absolute Gasteiger partial charge is 0.379 e. The van der Waals surface area contributed by atoms with Crippen molar-refractivity contribution in [2.24, 2.45) is 5.73 Å². The molecule has 0 saturated heterocycles. The molecule has 0 saturated carbocycles. The van der Waals surface area contributed by atoms with E-state index in [0.717, 1.165) is 0 Å². The van der Waals surface area contributed by atoms with Crippen LogP contribution in [0.2, 0.25) is 0 Å². The Morgan fingerprint density at radius 2 is 2.00 bits per heavy atom. The van der Waals surface area contributed by atoms with Crippen molar-refractivity contribution in [3.8, 4) is 0 Å². The van der Waals surface area contributed by atoms with Gasteiger partial charge in [-0.3, -0.25) is 0 Å². The Morgan fingerprint density at radius 1 is 1.45 bits per heavy atom. The second-order valence-corrected chi connectivity index (χ2v) is 5.48. The minimum absolute atomic E-state index is 0. The summed E-state index contributed by atoms with van der Waals surface area (Å²) in [7, 11) is 0. The highest BCUT2D eigenvalue weighted by Gasteiger charge is 2.48. The van der Waals surface area contributed by atoms with Crippen LogP contribution < -0.4 is 11.5 Å². The number of nitrogen functional groups attached to an aromatic ring is 1. The SMILES string of the molecule is CCOC(=O)C(F)(F)[C@H](N)c1cc(Br)cc(Br)c1N.Cl. The Morgan fingerprint density at radius 3 is 2.50 bits per heavy atom. The molecule has 0 aliphatic heterocycles. The monoisotopic (exact) mass is 436 g/mol. The largest absolute Gasteiger partial charge is 0.462 e. The third-order valence-electron chi connectivity index (χ3n) is 2.40. The van der Waals surface area contributed by atoms with Gasteiger partial charge in [0.05, 0.1) is 12.3 Å². The quantitative estimate of drug-likeness (QED) is 0.558. The molecule has 4 nitrogen and oxygen atoms in total. The van der Waals surface area contributed by atoms with E-state index in [1.165, 1.54) is 13.0 Å². The molecule has 0 spiro atoms. The molecule has 20 heavy (non-hydrogen) atoms. The Labute approximate surface area is 137 Å². The molecule has 1 atom stereocenters. The molecule has 0 unspecified atom stereocenters. The molecule has 0 radical (unpaired) electrons. The van der Waals surface area contributed by atoms with Crippen molar-refractivity contribution in [2.75, 3.05) is 12.3 Å². The maximum atomic E-state index is 13.8. The predicted octanol–water partition coefficient (Wildman–Crippen LogP) is 3.41. The first-order valence-corrected chi connectivity index (χ1v) is 6.85. The van der Waals surface area contributed by atoms with E-state index in [-0.39, 0.29) is 30.3 Å². The van der Waals surface area contributed by atoms with E-state index < -0.39 is 17.9 Å². The van der Waals surface area contributed by atoms with E-state index >= 15 is 0 Å². The zero-order valence-electron chi connectivity index (χ0n) is 10.3. The zero-order valence-corrected chi connectivity index (χ0v) is 14.3. The first-order chi connectivity index (χ1) is 8.71. The number of halogens is 5. The van der Waals surface area contributed by atoms with Crippen LogP contribution in [0.5, 0.6) is 0 Å². The van der Waals surface area contributed by atoms with E-state index in [1.54, 1.807) is 6.07 Å². The molecule has 0 aromatic heterocycles. The van der Waals surface area contributed by atoms with E-state index in [1.807, 2.05) is 0 Å². The second kappa shape index (κ2) is 7.53. The van der Waals surface area contributed by atoms with Gasteiger partial charge in [-0.25, -0.2) is 4.79 Å². The van der Waals surface area contributed by atoms with Crippen molar-refractivity contribution in [1.29, 1.82) is 0 Å². The fourth-order valence-electron chi connectivity index (χ4n) is 1.41. The molecule has 114 valence electrons. The maximum Gasteiger partial charge on any atom is 0.379 e. The number of benzene rings is 1. The molecule has 0 fully saturated rings. The van der Waals surface area contributed by atoms with Crippen molar-refractivity contribution in [3.63, 3.8) is 0 Å². The average molecular weight is 438 g/mol. The van der Waals surface area contributed by atoms with Crippen LogP contribution in [-0.2, 0) is 9.53 Å². The van der Waals surface area contributed by atoms with E-state index in [2.05, 4.69) is 36.6 Å². The zero-order chi connectivity index (χ0) is 14.8. The fourth-order valence-corrected chi connectivity index (χ4v) is 2.67. The van der Waals surface area contributed by atoms with Crippen molar-refractivity contribution in [1.82, 2.24) is 0 Å². The molecule has 0 amide bonds. The Bertz CT molecular complexity index is 504. The Balaban J connectivity index is 0.00000361. The van der Waals surface area contributed by atoms with Crippen LogP contribution in [-0.4, -0.2) is 18.5 Å². The lowest BCUT2D eigenvalue weighted by atomic mass is 10.00. The van der Waals surface area contributed by atoms with Crippen LogP contribution in [0.15, 0.2) is 21.1 Å². The molecule has 0 bridgehead atoms. The van der Waals surface area contributed by atoms with Crippen molar-refractivity contribution < 1.29 is 18.3 Å². The van der Waals surface area contributed by atoms with E-state index in [4.69, 9.17) is 11.5 Å². The highest BCUT2D eigenvalue weighted by Crippen LogP contribution is 2.38. The summed E-state index contributed by atoms with van der Waals surface area (Å²) in [5.74, 6) is -5.53. The number of esters is 1. The molecule has 9 heteroatoms. The summed E-state index contributed by atoms with van der Waals surface area (Å²) in [6, 6.07) is 1.05. The van der Waals surface area contributed by atoms with Crippen LogP contribution in [0, 0.1) is 0 Å². The summed E-state index contributed by atoms with van der Waals surface area (Å²) in [4.78, 5) is 11.2. The highest BCUT2D eigenvalue weighted by atomic mass is 79.9. The summed E-state index contributed by atoms with van der Waals surface area (Å²) in [6.45, 7) is 1.28. The van der Waals surface area contributed by atoms with Gasteiger partial charge in [0.15, 0.2) is 0 Å². The minimum atomic E-state index is -3.86. The van der Waals surface area contributed by atoms with Gasteiger partial charge in [-0.05, 0) is 35.0 Å². The number of carbonyl (C=O) groups excluding carboxylic acids is 1. The molecular formula is C11H13Br2ClF2N2O2. The van der Waals surface area contributed by atoms with E-state index in [9.17, 15) is 13.6 Å². The van der Waals surface area contributed by atoms with Gasteiger partial charge in [-0.1, -0.05) is 15.9 Å². The van der Waals surface area contributed by atoms with Gasteiger partial charge in [0.2, 0.25) is 0 Å². The van der Waals surface area contributed by atoms with Crippen LogP contribution >= 0.6 is 44.3 Å². The molecule has 0 aliphatic rings. The summed E-state index contributed by atoms with van der Waals surface area (Å²) >= 11 is 6.28. The number of alkyl halides is 2. The first-order valence-electron chi connectivity index (χ1n) is 5.26. The number of rotatable bonds is 4. The van der Waals surface area contributed by atoms with Crippen molar-refractivity contribution in [2.45, 2.75) is 18.9 Å². The molecule has 0 aliphatic carbocycles. The van der Waals surface area contributed by atoms with Gasteiger partial charge < -0.3 is 16.2 Å². The number of ether oxygens (including phenoxy) is 1. The lowest BCUT2D eigenvalue weighted by Crippen LogP contribution is -2.42. The van der Waals surface area contributed by atoms with Gasteiger partial charge in [0.25, 0.3) is 0 Å². The topological polar surface area (TPSA) is 78.3 Å². The van der Waals surface area contributed by atoms with Crippen LogP contribution in [0.4, 0.5) is 14.5 Å². The molecule has 4 N–H and O–H groups in total. The number of carbonyl (C=O) groups is 1. The fraction of sp³-hybridized carbons (Fsp3) is 0.364. The molecule has 0 heterocycles. The first kappa shape index (κ1) is 19.6. The number of anilines is 1. The molecule has 1 rings (SSSR count). The van der Waals surface area contributed by atoms with Gasteiger partial charge in [0, 0.05) is 14.5 Å². The third-order valence-corrected chi connectivity index (χ3v) is 3.51. The number of hydrogen-bond acceptors (Lipinski definition) is 4. The maximum absolute atomic E-state index is 13.8. The average Bonchev–Trinajstić information content (AvgIpc) is 2.33. The van der Waals surface area contributed by atoms with E-state index in [0.29, 0.717) is 8.95 Å². The Kier molecular flexibility index (Phi) is 7.37. The molecular weight excluding hydrogens is 425 g/mol. The van der Waals surface area contributed by atoms with Gasteiger partial charge in [-0.2, -0.15) is 8.78 Å². The van der Waals surface area contributed by atoms with Gasteiger partial charge in [-0.15, -0.1) is 12.4 Å².